The van der Waals surface area contributed by atoms with Gasteiger partial charge in [0.2, 0.25) is 0 Å². The molecule has 0 unspecified atom stereocenters. The molecule has 5 nitrogen and oxygen atoms in total. The van der Waals surface area contributed by atoms with Crippen LogP contribution >= 0.6 is 15.9 Å². The van der Waals surface area contributed by atoms with E-state index in [-0.39, 0.29) is 0 Å². The summed E-state index contributed by atoms with van der Waals surface area (Å²) < 4.78 is 2.78. The lowest BCUT2D eigenvalue weighted by molar-refractivity contribution is 0.365. The van der Waals surface area contributed by atoms with E-state index in [0.717, 1.165) is 22.4 Å². The summed E-state index contributed by atoms with van der Waals surface area (Å²) in [6.45, 7) is 3.12. The SMILES string of the molecule is CCCC1(Cn2nnnc2-c2cccc(N)c2Br)CC1. The van der Waals surface area contributed by atoms with Crippen LogP contribution < -0.4 is 5.73 Å². The highest BCUT2D eigenvalue weighted by molar-refractivity contribution is 9.10. The second-order valence-electron chi connectivity index (χ2n) is 5.62. The number of nitrogens with zero attached hydrogens (tertiary/aromatic N) is 4. The Kier molecular flexibility index (Phi) is 3.50. The van der Waals surface area contributed by atoms with Crippen LogP contribution in [-0.4, -0.2) is 20.2 Å². The Balaban J connectivity index is 1.92. The highest BCUT2D eigenvalue weighted by Gasteiger charge is 2.42. The lowest BCUT2D eigenvalue weighted by Crippen LogP contribution is -2.14. The molecule has 0 saturated heterocycles. The van der Waals surface area contributed by atoms with Crippen LogP contribution in [0.3, 0.4) is 0 Å². The van der Waals surface area contributed by atoms with Gasteiger partial charge in [0.05, 0.1) is 11.0 Å². The first-order valence-corrected chi connectivity index (χ1v) is 7.75. The molecule has 1 fully saturated rings. The highest BCUT2D eigenvalue weighted by atomic mass is 79.9. The summed E-state index contributed by atoms with van der Waals surface area (Å²) in [4.78, 5) is 0. The lowest BCUT2D eigenvalue weighted by Gasteiger charge is -2.15. The summed E-state index contributed by atoms with van der Waals surface area (Å²) in [5.74, 6) is 0.784. The van der Waals surface area contributed by atoms with Gasteiger partial charge in [0, 0.05) is 11.3 Å². The first-order chi connectivity index (χ1) is 9.65. The zero-order valence-corrected chi connectivity index (χ0v) is 13.1. The topological polar surface area (TPSA) is 69.6 Å². The summed E-state index contributed by atoms with van der Waals surface area (Å²) in [7, 11) is 0. The predicted molar refractivity (Wildman–Crippen MR) is 81.9 cm³/mol. The van der Waals surface area contributed by atoms with Crippen molar-refractivity contribution in [1.82, 2.24) is 20.2 Å². The predicted octanol–water partition coefficient (Wildman–Crippen LogP) is 3.27. The maximum atomic E-state index is 5.94. The van der Waals surface area contributed by atoms with Crippen LogP contribution in [0.2, 0.25) is 0 Å². The number of benzene rings is 1. The van der Waals surface area contributed by atoms with Crippen LogP contribution in [0.25, 0.3) is 11.4 Å². The average Bonchev–Trinajstić information content (AvgIpc) is 3.02. The number of rotatable bonds is 5. The van der Waals surface area contributed by atoms with Crippen LogP contribution in [0.4, 0.5) is 5.69 Å². The third kappa shape index (κ3) is 2.44. The normalized spacial score (nSPS) is 16.3. The first kappa shape index (κ1) is 13.5. The van der Waals surface area contributed by atoms with Gasteiger partial charge in [-0.05, 0) is 63.2 Å². The third-order valence-electron chi connectivity index (χ3n) is 4.02. The number of anilines is 1. The maximum absolute atomic E-state index is 5.94. The van der Waals surface area contributed by atoms with Crippen LogP contribution in [0.5, 0.6) is 0 Å². The van der Waals surface area contributed by atoms with Crippen LogP contribution in [-0.2, 0) is 6.54 Å². The highest BCUT2D eigenvalue weighted by Crippen LogP contribution is 2.51. The number of hydrogen-bond donors (Lipinski definition) is 1. The molecule has 106 valence electrons. The number of nitrogen functional groups attached to an aromatic ring is 1. The third-order valence-corrected chi connectivity index (χ3v) is 4.91. The van der Waals surface area contributed by atoms with Crippen LogP contribution in [0, 0.1) is 5.41 Å². The van der Waals surface area contributed by atoms with Crippen molar-refractivity contribution in [3.63, 3.8) is 0 Å². The molecule has 0 atom stereocenters. The molecule has 2 aromatic rings. The first-order valence-electron chi connectivity index (χ1n) is 6.96. The van der Waals surface area contributed by atoms with Crippen molar-refractivity contribution in [2.24, 2.45) is 5.41 Å². The summed E-state index contributed by atoms with van der Waals surface area (Å²) in [6.07, 6.45) is 5.00. The molecule has 3 rings (SSSR count). The molecule has 20 heavy (non-hydrogen) atoms. The van der Waals surface area contributed by atoms with E-state index in [9.17, 15) is 0 Å². The van der Waals surface area contributed by atoms with E-state index in [4.69, 9.17) is 5.73 Å². The molecule has 6 heteroatoms. The van der Waals surface area contributed by atoms with Crippen molar-refractivity contribution in [2.75, 3.05) is 5.73 Å². The molecule has 0 bridgehead atoms. The van der Waals surface area contributed by atoms with E-state index in [1.54, 1.807) is 0 Å². The fraction of sp³-hybridized carbons (Fsp3) is 0.500. The average molecular weight is 336 g/mol. The zero-order valence-electron chi connectivity index (χ0n) is 11.5. The van der Waals surface area contributed by atoms with Crippen molar-refractivity contribution in [3.05, 3.63) is 22.7 Å². The van der Waals surface area contributed by atoms with Crippen molar-refractivity contribution in [1.29, 1.82) is 0 Å². The quantitative estimate of drug-likeness (QED) is 0.851. The monoisotopic (exact) mass is 335 g/mol. The van der Waals surface area contributed by atoms with Gasteiger partial charge in [0.1, 0.15) is 0 Å². The Labute approximate surface area is 126 Å². The summed E-state index contributed by atoms with van der Waals surface area (Å²) in [5.41, 5.74) is 8.00. The van der Waals surface area contributed by atoms with Gasteiger partial charge >= 0.3 is 0 Å². The largest absolute Gasteiger partial charge is 0.398 e. The summed E-state index contributed by atoms with van der Waals surface area (Å²) in [6, 6.07) is 5.77. The van der Waals surface area contributed by atoms with Gasteiger partial charge in [0.15, 0.2) is 5.82 Å². The number of nitrogens with two attached hydrogens (primary N) is 1. The van der Waals surface area contributed by atoms with E-state index >= 15 is 0 Å². The maximum Gasteiger partial charge on any atom is 0.183 e. The Morgan fingerprint density at radius 2 is 2.20 bits per heavy atom. The van der Waals surface area contributed by atoms with Gasteiger partial charge < -0.3 is 5.73 Å². The van der Waals surface area contributed by atoms with Gasteiger partial charge in [-0.1, -0.05) is 19.4 Å². The standard InChI is InChI=1S/C14H18BrN5/c1-2-6-14(7-8-14)9-20-13(17-18-19-20)10-4-3-5-11(16)12(10)15/h3-5H,2,6-9,16H2,1H3. The van der Waals surface area contributed by atoms with Crippen molar-refractivity contribution in [3.8, 4) is 11.4 Å². The molecule has 1 aromatic heterocycles. The number of hydrogen-bond acceptors (Lipinski definition) is 4. The number of tetrazole rings is 1. The molecular weight excluding hydrogens is 318 g/mol. The van der Waals surface area contributed by atoms with Crippen LogP contribution in [0.1, 0.15) is 32.6 Å². The molecule has 1 heterocycles. The molecule has 1 aliphatic carbocycles. The van der Waals surface area contributed by atoms with E-state index < -0.39 is 0 Å². The number of halogens is 1. The van der Waals surface area contributed by atoms with E-state index in [2.05, 4.69) is 38.4 Å². The Bertz CT molecular complexity index is 618. The lowest BCUT2D eigenvalue weighted by atomic mass is 10.0. The minimum Gasteiger partial charge on any atom is -0.398 e. The van der Waals surface area contributed by atoms with Gasteiger partial charge in [-0.3, -0.25) is 0 Å². The minimum absolute atomic E-state index is 0.408. The van der Waals surface area contributed by atoms with Gasteiger partial charge in [0.25, 0.3) is 0 Å². The Morgan fingerprint density at radius 1 is 1.40 bits per heavy atom. The van der Waals surface area contributed by atoms with Gasteiger partial charge in [-0.15, -0.1) is 5.10 Å². The molecule has 1 aliphatic rings. The molecule has 0 spiro atoms. The van der Waals surface area contributed by atoms with E-state index in [1.165, 1.54) is 25.7 Å². The van der Waals surface area contributed by atoms with Gasteiger partial charge in [-0.2, -0.15) is 0 Å². The summed E-state index contributed by atoms with van der Waals surface area (Å²) in [5, 5.41) is 12.2. The Morgan fingerprint density at radius 3 is 2.90 bits per heavy atom. The smallest absolute Gasteiger partial charge is 0.183 e. The van der Waals surface area contributed by atoms with Crippen LogP contribution in [0.15, 0.2) is 22.7 Å². The molecular formula is C14H18BrN5. The van der Waals surface area contributed by atoms with Crippen molar-refractivity contribution >= 4 is 21.6 Å². The van der Waals surface area contributed by atoms with Crippen molar-refractivity contribution in [2.45, 2.75) is 39.2 Å². The fourth-order valence-corrected chi connectivity index (χ4v) is 3.18. The fourth-order valence-electron chi connectivity index (χ4n) is 2.74. The minimum atomic E-state index is 0.408. The molecule has 0 aliphatic heterocycles. The molecule has 1 aromatic carbocycles. The molecule has 2 N–H and O–H groups in total. The van der Waals surface area contributed by atoms with E-state index in [0.29, 0.717) is 11.1 Å². The summed E-state index contributed by atoms with van der Waals surface area (Å²) >= 11 is 3.53. The molecule has 0 radical (unpaired) electrons. The van der Waals surface area contributed by atoms with Gasteiger partial charge in [-0.25, -0.2) is 4.68 Å². The second-order valence-corrected chi connectivity index (χ2v) is 6.41. The molecule has 0 amide bonds. The zero-order chi connectivity index (χ0) is 14.2. The van der Waals surface area contributed by atoms with Crippen molar-refractivity contribution < 1.29 is 0 Å². The second kappa shape index (κ2) is 5.16. The Hall–Kier alpha value is -1.43. The molecule has 1 saturated carbocycles. The number of aromatic nitrogens is 4. The van der Waals surface area contributed by atoms with E-state index in [1.807, 2.05) is 22.9 Å².